The molecule has 1 N–H and O–H groups in total. The van der Waals surface area contributed by atoms with Crippen molar-refractivity contribution >= 4 is 39.6 Å². The summed E-state index contributed by atoms with van der Waals surface area (Å²) in [4.78, 5) is 28.7. The maximum absolute atomic E-state index is 12.3. The van der Waals surface area contributed by atoms with Crippen LogP contribution in [0.3, 0.4) is 0 Å². The molecule has 3 aromatic carbocycles. The lowest BCUT2D eigenvalue weighted by molar-refractivity contribution is -0.144. The second-order valence-corrected chi connectivity index (χ2v) is 7.23. The molecule has 1 unspecified atom stereocenters. The maximum atomic E-state index is 12.3. The topological polar surface area (TPSA) is 68.3 Å². The zero-order valence-corrected chi connectivity index (χ0v) is 17.1. The quantitative estimate of drug-likeness (QED) is 0.365. The number of rotatable bonds is 6. The second-order valence-electron chi connectivity index (χ2n) is 7.23. The Bertz CT molecular complexity index is 1270. The van der Waals surface area contributed by atoms with E-state index >= 15 is 0 Å². The number of aromatic nitrogens is 1. The van der Waals surface area contributed by atoms with E-state index < -0.39 is 5.97 Å². The minimum absolute atomic E-state index is 0.213. The van der Waals surface area contributed by atoms with Gasteiger partial charge in [0, 0.05) is 11.5 Å². The van der Waals surface area contributed by atoms with Crippen molar-refractivity contribution in [2.75, 3.05) is 6.61 Å². The van der Waals surface area contributed by atoms with E-state index in [9.17, 15) is 9.59 Å². The van der Waals surface area contributed by atoms with Crippen molar-refractivity contribution < 1.29 is 14.3 Å². The fraction of sp³-hybridized carbons (Fsp3) is 0.115. The number of ether oxygens (including phenoxy) is 1. The third-order valence-electron chi connectivity index (χ3n) is 5.02. The highest BCUT2D eigenvalue weighted by Gasteiger charge is 2.13. The van der Waals surface area contributed by atoms with Crippen molar-refractivity contribution in [1.29, 1.82) is 0 Å². The van der Waals surface area contributed by atoms with E-state index in [-0.39, 0.29) is 18.6 Å². The molecule has 0 saturated heterocycles. The van der Waals surface area contributed by atoms with E-state index in [0.717, 1.165) is 27.2 Å². The Kier molecular flexibility index (Phi) is 6.03. The predicted molar refractivity (Wildman–Crippen MR) is 122 cm³/mol. The molecule has 0 saturated carbocycles. The molecular formula is C26H22N2O3. The molecule has 0 fully saturated rings. The average Bonchev–Trinajstić information content (AvgIpc) is 2.80. The molecule has 5 nitrogen and oxygen atoms in total. The Hall–Kier alpha value is -3.99. The number of hydrogen-bond donors (Lipinski definition) is 1. The van der Waals surface area contributed by atoms with E-state index in [1.54, 1.807) is 6.08 Å². The number of amides is 1. The molecule has 0 aliphatic heterocycles. The highest BCUT2D eigenvalue weighted by molar-refractivity contribution is 5.90. The van der Waals surface area contributed by atoms with Crippen molar-refractivity contribution in [2.24, 2.45) is 0 Å². The second kappa shape index (κ2) is 9.22. The van der Waals surface area contributed by atoms with Crippen LogP contribution in [0.2, 0.25) is 0 Å². The molecule has 0 radical (unpaired) electrons. The van der Waals surface area contributed by atoms with Crippen molar-refractivity contribution in [3.05, 3.63) is 96.2 Å². The van der Waals surface area contributed by atoms with E-state index in [1.165, 1.54) is 6.08 Å². The van der Waals surface area contributed by atoms with E-state index in [4.69, 9.17) is 4.74 Å². The van der Waals surface area contributed by atoms with Gasteiger partial charge in [-0.2, -0.15) is 0 Å². The summed E-state index contributed by atoms with van der Waals surface area (Å²) in [5.41, 5.74) is 2.50. The number of carbonyl (C=O) groups is 2. The molecule has 1 amide bonds. The monoisotopic (exact) mass is 410 g/mol. The lowest BCUT2D eigenvalue weighted by Gasteiger charge is -2.16. The Morgan fingerprint density at radius 3 is 2.55 bits per heavy atom. The summed E-state index contributed by atoms with van der Waals surface area (Å²) in [5, 5.41) is 6.11. The van der Waals surface area contributed by atoms with Gasteiger partial charge in [0.1, 0.15) is 0 Å². The molecule has 1 atom stereocenters. The molecule has 0 aliphatic rings. The number of benzene rings is 3. The first-order chi connectivity index (χ1) is 15.1. The van der Waals surface area contributed by atoms with Gasteiger partial charge in [-0.3, -0.25) is 4.79 Å². The summed E-state index contributed by atoms with van der Waals surface area (Å²) in [6, 6.07) is 25.3. The number of nitrogens with zero attached hydrogens (tertiary/aromatic N) is 1. The van der Waals surface area contributed by atoms with E-state index in [2.05, 4.69) is 10.3 Å². The van der Waals surface area contributed by atoms with Crippen molar-refractivity contribution in [2.45, 2.75) is 13.0 Å². The number of pyridine rings is 1. The van der Waals surface area contributed by atoms with Crippen LogP contribution in [-0.4, -0.2) is 23.5 Å². The SMILES string of the molecule is CC(NC(=O)COC(=O)/C=C/c1ccc2ccccc2n1)c1cccc2ccccc12. The number of nitrogens with one attached hydrogen (secondary N) is 1. The van der Waals surface area contributed by atoms with Crippen LogP contribution in [0.25, 0.3) is 27.8 Å². The maximum Gasteiger partial charge on any atom is 0.331 e. The smallest absolute Gasteiger partial charge is 0.331 e. The molecule has 31 heavy (non-hydrogen) atoms. The third kappa shape index (κ3) is 4.95. The normalized spacial score (nSPS) is 12.2. The van der Waals surface area contributed by atoms with Crippen LogP contribution < -0.4 is 5.32 Å². The Labute approximate surface area is 180 Å². The predicted octanol–water partition coefficient (Wildman–Crippen LogP) is 4.82. The lowest BCUT2D eigenvalue weighted by atomic mass is 10.00. The molecule has 1 aromatic heterocycles. The van der Waals surface area contributed by atoms with E-state index in [0.29, 0.717) is 5.69 Å². The van der Waals surface area contributed by atoms with Crippen molar-refractivity contribution in [3.63, 3.8) is 0 Å². The Morgan fingerprint density at radius 2 is 1.68 bits per heavy atom. The number of carbonyl (C=O) groups excluding carboxylic acids is 2. The number of fused-ring (bicyclic) bond motifs is 2. The first-order valence-corrected chi connectivity index (χ1v) is 10.1. The number of esters is 1. The highest BCUT2D eigenvalue weighted by atomic mass is 16.5. The summed E-state index contributed by atoms with van der Waals surface area (Å²) in [5.74, 6) is -0.950. The van der Waals surface area contributed by atoms with Gasteiger partial charge in [-0.1, -0.05) is 66.7 Å². The number of para-hydroxylation sites is 1. The molecule has 154 valence electrons. The fourth-order valence-corrected chi connectivity index (χ4v) is 3.50. The summed E-state index contributed by atoms with van der Waals surface area (Å²) >= 11 is 0. The molecular weight excluding hydrogens is 388 g/mol. The first-order valence-electron chi connectivity index (χ1n) is 10.1. The molecule has 0 bridgehead atoms. The van der Waals surface area contributed by atoms with Crippen LogP contribution in [0.4, 0.5) is 0 Å². The number of hydrogen-bond acceptors (Lipinski definition) is 4. The van der Waals surface area contributed by atoms with Crippen LogP contribution in [0.15, 0.2) is 84.9 Å². The zero-order valence-electron chi connectivity index (χ0n) is 17.1. The molecule has 0 spiro atoms. The Morgan fingerprint density at radius 1 is 0.935 bits per heavy atom. The minimum Gasteiger partial charge on any atom is -0.452 e. The van der Waals surface area contributed by atoms with Crippen molar-refractivity contribution in [1.82, 2.24) is 10.3 Å². The summed E-state index contributed by atoms with van der Waals surface area (Å²) in [6.45, 7) is 1.57. The summed E-state index contributed by atoms with van der Waals surface area (Å²) < 4.78 is 5.07. The zero-order chi connectivity index (χ0) is 21.6. The lowest BCUT2D eigenvalue weighted by Crippen LogP contribution is -2.31. The van der Waals surface area contributed by atoms with Gasteiger partial charge in [0.25, 0.3) is 5.91 Å². The van der Waals surface area contributed by atoms with Gasteiger partial charge in [0.15, 0.2) is 6.61 Å². The van der Waals surface area contributed by atoms with Gasteiger partial charge in [-0.15, -0.1) is 0 Å². The van der Waals surface area contributed by atoms with Gasteiger partial charge in [-0.25, -0.2) is 9.78 Å². The summed E-state index contributed by atoms with van der Waals surface area (Å²) in [7, 11) is 0. The molecule has 1 heterocycles. The largest absolute Gasteiger partial charge is 0.452 e. The summed E-state index contributed by atoms with van der Waals surface area (Å²) in [6.07, 6.45) is 2.85. The average molecular weight is 410 g/mol. The van der Waals surface area contributed by atoms with Crippen LogP contribution in [0.5, 0.6) is 0 Å². The van der Waals surface area contributed by atoms with Gasteiger partial charge >= 0.3 is 5.97 Å². The van der Waals surface area contributed by atoms with Crippen LogP contribution in [-0.2, 0) is 14.3 Å². The molecule has 0 aliphatic carbocycles. The third-order valence-corrected chi connectivity index (χ3v) is 5.02. The van der Waals surface area contributed by atoms with Crippen LogP contribution >= 0.6 is 0 Å². The molecule has 4 aromatic rings. The first kappa shape index (κ1) is 20.3. The van der Waals surface area contributed by atoms with Gasteiger partial charge in [0.05, 0.1) is 17.3 Å². The molecule has 4 rings (SSSR count). The van der Waals surface area contributed by atoms with Gasteiger partial charge in [-0.05, 0) is 41.5 Å². The standard InChI is InChI=1S/C26H22N2O3/c1-18(22-11-6-9-19-7-2-4-10-23(19)22)27-25(29)17-31-26(30)16-15-21-14-13-20-8-3-5-12-24(20)28-21/h2-16,18H,17H2,1H3,(H,27,29)/b16-15+. The Balaban J connectivity index is 1.32. The highest BCUT2D eigenvalue weighted by Crippen LogP contribution is 2.23. The van der Waals surface area contributed by atoms with E-state index in [1.807, 2.05) is 85.8 Å². The van der Waals surface area contributed by atoms with Crippen LogP contribution in [0, 0.1) is 0 Å². The fourth-order valence-electron chi connectivity index (χ4n) is 3.50. The van der Waals surface area contributed by atoms with Crippen LogP contribution in [0.1, 0.15) is 24.2 Å². The minimum atomic E-state index is -0.595. The van der Waals surface area contributed by atoms with Gasteiger partial charge < -0.3 is 10.1 Å². The molecule has 5 heteroatoms. The van der Waals surface area contributed by atoms with Gasteiger partial charge in [0.2, 0.25) is 0 Å². The van der Waals surface area contributed by atoms with Crippen molar-refractivity contribution in [3.8, 4) is 0 Å².